The first-order valence-electron chi connectivity index (χ1n) is 6.58. The van der Waals surface area contributed by atoms with Crippen LogP contribution >= 0.6 is 0 Å². The lowest BCUT2D eigenvalue weighted by Gasteiger charge is -1.98. The minimum atomic E-state index is -1.09. The van der Waals surface area contributed by atoms with Gasteiger partial charge in [-0.15, -0.1) is 0 Å². The van der Waals surface area contributed by atoms with Gasteiger partial charge in [0, 0.05) is 0 Å². The molecule has 0 amide bonds. The van der Waals surface area contributed by atoms with Gasteiger partial charge in [-0.25, -0.2) is 0 Å². The smallest absolute Gasteiger partial charge is 0.272 e. The molecule has 2 rings (SSSR count). The first-order valence-corrected chi connectivity index (χ1v) is 6.58. The van der Waals surface area contributed by atoms with Crippen LogP contribution in [0.15, 0.2) is 86.0 Å². The topological polar surface area (TPSA) is 51.2 Å². The van der Waals surface area contributed by atoms with E-state index >= 15 is 0 Å². The summed E-state index contributed by atoms with van der Waals surface area (Å²) < 4.78 is 0. The molecular formula is C19H16O3. The maximum Gasteiger partial charge on any atom is 0.272 e. The number of ketones is 3. The Labute approximate surface area is 129 Å². The average Bonchev–Trinajstić information content (AvgIpc) is 2.61. The van der Waals surface area contributed by atoms with Crippen LogP contribution < -0.4 is 0 Å². The molecule has 3 heteroatoms. The van der Waals surface area contributed by atoms with Crippen LogP contribution in [-0.2, 0) is 14.4 Å². The monoisotopic (exact) mass is 292 g/mol. The Kier molecular flexibility index (Phi) is 6.93. The zero-order valence-corrected chi connectivity index (χ0v) is 12.1. The molecule has 0 aromatic heterocycles. The van der Waals surface area contributed by atoms with E-state index in [2.05, 4.69) is 61.7 Å². The zero-order chi connectivity index (χ0) is 16.4. The van der Waals surface area contributed by atoms with E-state index in [1.807, 2.05) is 12.1 Å². The van der Waals surface area contributed by atoms with Crippen LogP contribution in [0.5, 0.6) is 0 Å². The number of hydrogen-bond acceptors (Lipinski definition) is 3. The molecule has 0 radical (unpaired) electrons. The largest absolute Gasteiger partial charge is 0.285 e. The molecule has 22 heavy (non-hydrogen) atoms. The second-order valence-electron chi connectivity index (χ2n) is 4.20. The molecule has 0 heterocycles. The highest BCUT2D eigenvalue weighted by atomic mass is 16.2. The zero-order valence-electron chi connectivity index (χ0n) is 12.1. The van der Waals surface area contributed by atoms with Gasteiger partial charge in [-0.3, -0.25) is 14.4 Å². The van der Waals surface area contributed by atoms with Crippen molar-refractivity contribution >= 4 is 17.3 Å². The van der Waals surface area contributed by atoms with E-state index in [-0.39, 0.29) is 0 Å². The molecule has 0 saturated carbocycles. The first kappa shape index (κ1) is 17.0. The van der Waals surface area contributed by atoms with Gasteiger partial charge in [-0.2, -0.15) is 0 Å². The molecule has 0 fully saturated rings. The lowest BCUT2D eigenvalue weighted by atomic mass is 10.1. The Morgan fingerprint density at radius 2 is 0.955 bits per heavy atom. The molecule has 3 nitrogen and oxygen atoms in total. The molecule has 2 aromatic rings. The summed E-state index contributed by atoms with van der Waals surface area (Å²) in [5.41, 5.74) is 2.55. The molecule has 2 aromatic carbocycles. The molecule has 0 aliphatic carbocycles. The van der Waals surface area contributed by atoms with Gasteiger partial charge in [0.05, 0.1) is 0 Å². The molecule has 0 atom stereocenters. The third kappa shape index (κ3) is 5.13. The van der Waals surface area contributed by atoms with E-state index in [1.54, 1.807) is 0 Å². The Morgan fingerprint density at radius 3 is 1.23 bits per heavy atom. The van der Waals surface area contributed by atoms with Crippen molar-refractivity contribution in [2.24, 2.45) is 0 Å². The fourth-order valence-corrected chi connectivity index (χ4v) is 1.57. The standard InChI is InChI=1S/C12H10.C7H6O3/c1-3-7-11(8-4-1)12-9-5-2-6-10-12;1-3-5(8)7(10)6(9)4-2/h1-10H;3-4H,1-2H2. The van der Waals surface area contributed by atoms with Crippen molar-refractivity contribution in [2.45, 2.75) is 0 Å². The van der Waals surface area contributed by atoms with Gasteiger partial charge in [0.15, 0.2) is 0 Å². The second kappa shape index (κ2) is 8.97. The van der Waals surface area contributed by atoms with E-state index < -0.39 is 17.3 Å². The van der Waals surface area contributed by atoms with Crippen molar-refractivity contribution in [2.75, 3.05) is 0 Å². The summed E-state index contributed by atoms with van der Waals surface area (Å²) in [6.07, 6.45) is 1.59. The maximum absolute atomic E-state index is 10.5. The number of Topliss-reactive ketones (excluding diaryl/α,β-unsaturated/α-hetero) is 1. The van der Waals surface area contributed by atoms with Crippen molar-refractivity contribution in [3.05, 3.63) is 86.0 Å². The predicted molar refractivity (Wildman–Crippen MR) is 87.3 cm³/mol. The van der Waals surface area contributed by atoms with Crippen LogP contribution in [0.4, 0.5) is 0 Å². The predicted octanol–water partition coefficient (Wildman–Crippen LogP) is 3.42. The van der Waals surface area contributed by atoms with Gasteiger partial charge >= 0.3 is 0 Å². The molecule has 0 unspecified atom stereocenters. The highest BCUT2D eigenvalue weighted by Gasteiger charge is 2.15. The van der Waals surface area contributed by atoms with Crippen LogP contribution in [0.1, 0.15) is 0 Å². The van der Waals surface area contributed by atoms with E-state index in [9.17, 15) is 14.4 Å². The number of carbonyl (C=O) groups is 3. The van der Waals surface area contributed by atoms with Crippen molar-refractivity contribution in [3.8, 4) is 11.1 Å². The SMILES string of the molecule is C=CC(=O)C(=O)C(=O)C=C.c1ccc(-c2ccccc2)cc1. The van der Waals surface area contributed by atoms with Gasteiger partial charge in [-0.05, 0) is 23.3 Å². The summed E-state index contributed by atoms with van der Waals surface area (Å²) in [4.78, 5) is 31.2. The molecular weight excluding hydrogens is 276 g/mol. The van der Waals surface area contributed by atoms with Gasteiger partial charge in [0.1, 0.15) is 0 Å². The van der Waals surface area contributed by atoms with Crippen LogP contribution in [0.2, 0.25) is 0 Å². The molecule has 0 N–H and O–H groups in total. The Hall–Kier alpha value is -3.07. The van der Waals surface area contributed by atoms with Crippen molar-refractivity contribution in [3.63, 3.8) is 0 Å². The summed E-state index contributed by atoms with van der Waals surface area (Å²) in [5.74, 6) is -2.89. The third-order valence-electron chi connectivity index (χ3n) is 2.70. The number of rotatable bonds is 5. The molecule has 0 aliphatic rings. The summed E-state index contributed by atoms with van der Waals surface area (Å²) in [7, 11) is 0. The van der Waals surface area contributed by atoms with Gasteiger partial charge in [0.2, 0.25) is 11.6 Å². The Bertz CT molecular complexity index is 611. The maximum atomic E-state index is 10.5. The molecule has 0 saturated heterocycles. The fourth-order valence-electron chi connectivity index (χ4n) is 1.57. The second-order valence-corrected chi connectivity index (χ2v) is 4.20. The lowest BCUT2D eigenvalue weighted by molar-refractivity contribution is -0.140. The quantitative estimate of drug-likeness (QED) is 0.482. The third-order valence-corrected chi connectivity index (χ3v) is 2.70. The van der Waals surface area contributed by atoms with Crippen molar-refractivity contribution in [1.29, 1.82) is 0 Å². The van der Waals surface area contributed by atoms with E-state index in [0.717, 1.165) is 12.2 Å². The van der Waals surface area contributed by atoms with E-state index in [4.69, 9.17) is 0 Å². The number of allylic oxidation sites excluding steroid dienone is 2. The first-order chi connectivity index (χ1) is 10.6. The number of carbonyl (C=O) groups excluding carboxylic acids is 3. The highest BCUT2D eigenvalue weighted by Crippen LogP contribution is 2.17. The minimum absolute atomic E-state index is 0.795. The summed E-state index contributed by atoms with van der Waals surface area (Å²) in [6.45, 7) is 6.08. The van der Waals surface area contributed by atoms with E-state index in [1.165, 1.54) is 11.1 Å². The Morgan fingerprint density at radius 1 is 0.636 bits per heavy atom. The van der Waals surface area contributed by atoms with Crippen molar-refractivity contribution < 1.29 is 14.4 Å². The minimum Gasteiger partial charge on any atom is -0.285 e. The van der Waals surface area contributed by atoms with Gasteiger partial charge < -0.3 is 0 Å². The molecule has 0 bridgehead atoms. The van der Waals surface area contributed by atoms with Crippen LogP contribution in [0.25, 0.3) is 11.1 Å². The summed E-state index contributed by atoms with van der Waals surface area (Å²) in [5, 5.41) is 0. The lowest BCUT2D eigenvalue weighted by Crippen LogP contribution is -2.19. The van der Waals surface area contributed by atoms with Crippen LogP contribution in [-0.4, -0.2) is 17.3 Å². The van der Waals surface area contributed by atoms with Crippen LogP contribution in [0, 0.1) is 0 Å². The molecule has 110 valence electrons. The molecule has 0 spiro atoms. The van der Waals surface area contributed by atoms with Gasteiger partial charge in [0.25, 0.3) is 5.78 Å². The number of benzene rings is 2. The highest BCUT2D eigenvalue weighted by molar-refractivity contribution is 6.67. The summed E-state index contributed by atoms with van der Waals surface area (Å²) in [6, 6.07) is 20.8. The van der Waals surface area contributed by atoms with Crippen molar-refractivity contribution in [1.82, 2.24) is 0 Å². The summed E-state index contributed by atoms with van der Waals surface area (Å²) >= 11 is 0. The number of hydrogen-bond donors (Lipinski definition) is 0. The fraction of sp³-hybridized carbons (Fsp3) is 0. The average molecular weight is 292 g/mol. The van der Waals surface area contributed by atoms with Crippen LogP contribution in [0.3, 0.4) is 0 Å². The Balaban J connectivity index is 0.000000225. The van der Waals surface area contributed by atoms with E-state index in [0.29, 0.717) is 0 Å². The van der Waals surface area contributed by atoms with Gasteiger partial charge in [-0.1, -0.05) is 73.8 Å². The molecule has 0 aliphatic heterocycles. The normalized spacial score (nSPS) is 8.91.